The molecule has 1 saturated carbocycles. The predicted molar refractivity (Wildman–Crippen MR) is 62.3 cm³/mol. The summed E-state index contributed by atoms with van der Waals surface area (Å²) in [7, 11) is -4.20. The van der Waals surface area contributed by atoms with Crippen molar-refractivity contribution in [3.05, 3.63) is 0 Å². The van der Waals surface area contributed by atoms with E-state index < -0.39 is 19.2 Å². The lowest BCUT2D eigenvalue weighted by Gasteiger charge is -2.22. The molecule has 0 radical (unpaired) electrons. The molecule has 0 heterocycles. The quantitative estimate of drug-likeness (QED) is 0.732. The van der Waals surface area contributed by atoms with Gasteiger partial charge in [0.25, 0.3) is 0 Å². The number of rotatable bonds is 5. The zero-order chi connectivity index (χ0) is 12.4. The lowest BCUT2D eigenvalue weighted by molar-refractivity contribution is -0.125. The first-order valence-electron chi connectivity index (χ1n) is 5.85. The van der Waals surface area contributed by atoms with Crippen molar-refractivity contribution in [1.82, 2.24) is 0 Å². The Kier molecular flexibility index (Phi) is 4.33. The Morgan fingerprint density at radius 3 is 2.62 bits per heavy atom. The third-order valence-electron chi connectivity index (χ3n) is 3.56. The summed E-state index contributed by atoms with van der Waals surface area (Å²) in [6, 6.07) is 0. The minimum Gasteiger partial charge on any atom is -0.324 e. The van der Waals surface area contributed by atoms with E-state index in [0.29, 0.717) is 5.92 Å². The molecular weight excluding hydrogens is 227 g/mol. The van der Waals surface area contributed by atoms with E-state index in [0.717, 1.165) is 32.1 Å². The molecule has 2 atom stereocenters. The van der Waals surface area contributed by atoms with Gasteiger partial charge in [0.15, 0.2) is 5.78 Å². The molecule has 0 spiro atoms. The van der Waals surface area contributed by atoms with E-state index in [1.807, 2.05) is 6.92 Å². The molecule has 0 aromatic rings. The van der Waals surface area contributed by atoms with Crippen LogP contribution in [0.4, 0.5) is 0 Å². The molecule has 5 heteroatoms. The molecule has 4 nitrogen and oxygen atoms in total. The smallest absolute Gasteiger partial charge is 0.324 e. The summed E-state index contributed by atoms with van der Waals surface area (Å²) >= 11 is 0. The summed E-state index contributed by atoms with van der Waals surface area (Å²) in [6.45, 7) is 3.97. The molecule has 2 unspecified atom stereocenters. The number of Topliss-reactive ketones (excluding diaryl/α,β-unsaturated/α-hetero) is 1. The Bertz CT molecular complexity index is 309. The van der Waals surface area contributed by atoms with E-state index in [-0.39, 0.29) is 5.78 Å². The minimum atomic E-state index is -4.20. The summed E-state index contributed by atoms with van der Waals surface area (Å²) in [5.41, 5.74) is -0.499. The Hall–Kier alpha value is -0.180. The summed E-state index contributed by atoms with van der Waals surface area (Å²) in [6.07, 6.45) is 4.20. The van der Waals surface area contributed by atoms with E-state index in [1.54, 1.807) is 0 Å². The molecule has 0 aliphatic heterocycles. The zero-order valence-corrected chi connectivity index (χ0v) is 10.9. The van der Waals surface area contributed by atoms with Crippen molar-refractivity contribution in [2.75, 3.05) is 6.16 Å². The largest absolute Gasteiger partial charge is 0.332 e. The molecule has 16 heavy (non-hydrogen) atoms. The monoisotopic (exact) mass is 248 g/mol. The van der Waals surface area contributed by atoms with Gasteiger partial charge in [0.2, 0.25) is 0 Å². The first-order valence-corrected chi connectivity index (χ1v) is 7.64. The van der Waals surface area contributed by atoms with Crippen molar-refractivity contribution in [3.8, 4) is 0 Å². The van der Waals surface area contributed by atoms with Gasteiger partial charge in [-0.2, -0.15) is 0 Å². The Morgan fingerprint density at radius 1 is 1.50 bits per heavy atom. The molecule has 1 aliphatic carbocycles. The molecule has 1 aliphatic rings. The van der Waals surface area contributed by atoms with Crippen LogP contribution in [-0.2, 0) is 9.36 Å². The fourth-order valence-corrected chi connectivity index (χ4v) is 3.41. The van der Waals surface area contributed by atoms with Crippen LogP contribution in [0.3, 0.4) is 0 Å². The summed E-state index contributed by atoms with van der Waals surface area (Å²) in [5, 5.41) is 0. The molecule has 1 rings (SSSR count). The molecule has 1 fully saturated rings. The molecule has 0 amide bonds. The number of hydrogen-bond donors (Lipinski definition) is 2. The summed E-state index contributed by atoms with van der Waals surface area (Å²) in [4.78, 5) is 29.5. The molecule has 94 valence electrons. The molecule has 0 aromatic heterocycles. The second-order valence-electron chi connectivity index (χ2n) is 5.20. The molecule has 0 bridgehead atoms. The van der Waals surface area contributed by atoms with Crippen LogP contribution in [0.5, 0.6) is 0 Å². The van der Waals surface area contributed by atoms with Gasteiger partial charge in [-0.1, -0.05) is 26.7 Å². The first kappa shape index (κ1) is 13.9. The van der Waals surface area contributed by atoms with Crippen LogP contribution < -0.4 is 0 Å². The van der Waals surface area contributed by atoms with Gasteiger partial charge < -0.3 is 9.79 Å². The van der Waals surface area contributed by atoms with Gasteiger partial charge in [-0.05, 0) is 25.2 Å². The average molecular weight is 248 g/mol. The van der Waals surface area contributed by atoms with Gasteiger partial charge in [-0.3, -0.25) is 9.36 Å². The highest BCUT2D eigenvalue weighted by atomic mass is 31.2. The van der Waals surface area contributed by atoms with Crippen molar-refractivity contribution in [3.63, 3.8) is 0 Å². The maximum absolute atomic E-state index is 11.8. The highest BCUT2D eigenvalue weighted by Gasteiger charge is 2.42. The van der Waals surface area contributed by atoms with Gasteiger partial charge in [0.1, 0.15) is 6.16 Å². The van der Waals surface area contributed by atoms with Crippen LogP contribution in [-0.4, -0.2) is 21.7 Å². The van der Waals surface area contributed by atoms with E-state index >= 15 is 0 Å². The fraction of sp³-hybridized carbons (Fsp3) is 0.909. The maximum Gasteiger partial charge on any atom is 0.332 e. The second-order valence-corrected chi connectivity index (χ2v) is 6.85. The standard InChI is InChI=1S/C11H21O4P/c1-3-4-9-5-6-11(2,7-9)10(12)8-16(13,14)15/h9H,3-8H2,1-2H3,(H2,13,14,15). The highest BCUT2D eigenvalue weighted by molar-refractivity contribution is 7.52. The van der Waals surface area contributed by atoms with Gasteiger partial charge in [-0.15, -0.1) is 0 Å². The molecule has 2 N–H and O–H groups in total. The van der Waals surface area contributed by atoms with Gasteiger partial charge in [-0.25, -0.2) is 0 Å². The maximum atomic E-state index is 11.8. The third kappa shape index (κ3) is 3.69. The average Bonchev–Trinajstić information content (AvgIpc) is 2.47. The van der Waals surface area contributed by atoms with Crippen molar-refractivity contribution in [2.24, 2.45) is 11.3 Å². The second kappa shape index (κ2) is 4.99. The molecule has 0 saturated heterocycles. The molecule has 0 aromatic carbocycles. The van der Waals surface area contributed by atoms with Crippen LogP contribution in [0.15, 0.2) is 0 Å². The van der Waals surface area contributed by atoms with E-state index in [4.69, 9.17) is 9.79 Å². The lowest BCUT2D eigenvalue weighted by atomic mass is 9.83. The van der Waals surface area contributed by atoms with Gasteiger partial charge >= 0.3 is 7.60 Å². The normalized spacial score (nSPS) is 30.6. The van der Waals surface area contributed by atoms with Crippen molar-refractivity contribution in [1.29, 1.82) is 0 Å². The highest BCUT2D eigenvalue weighted by Crippen LogP contribution is 2.47. The van der Waals surface area contributed by atoms with Crippen LogP contribution in [0.25, 0.3) is 0 Å². The van der Waals surface area contributed by atoms with Crippen LogP contribution in [0.2, 0.25) is 0 Å². The van der Waals surface area contributed by atoms with Crippen LogP contribution in [0.1, 0.15) is 46.0 Å². The van der Waals surface area contributed by atoms with E-state index in [2.05, 4.69) is 6.92 Å². The van der Waals surface area contributed by atoms with E-state index in [1.165, 1.54) is 0 Å². The van der Waals surface area contributed by atoms with Gasteiger partial charge in [0, 0.05) is 5.41 Å². The van der Waals surface area contributed by atoms with Crippen LogP contribution in [0, 0.1) is 11.3 Å². The SMILES string of the molecule is CCCC1CCC(C)(C(=O)CP(=O)(O)O)C1. The Labute approximate surface area is 96.6 Å². The van der Waals surface area contributed by atoms with Crippen LogP contribution >= 0.6 is 7.60 Å². The summed E-state index contributed by atoms with van der Waals surface area (Å²) < 4.78 is 10.8. The Morgan fingerprint density at radius 2 is 2.12 bits per heavy atom. The molecular formula is C11H21O4P. The minimum absolute atomic E-state index is 0.264. The third-order valence-corrected chi connectivity index (χ3v) is 4.26. The van der Waals surface area contributed by atoms with E-state index in [9.17, 15) is 9.36 Å². The first-order chi connectivity index (χ1) is 7.27. The lowest BCUT2D eigenvalue weighted by Crippen LogP contribution is -2.27. The topological polar surface area (TPSA) is 74.6 Å². The number of ketones is 1. The fourth-order valence-electron chi connectivity index (χ4n) is 2.65. The zero-order valence-electron chi connectivity index (χ0n) is 9.98. The van der Waals surface area contributed by atoms with Crippen molar-refractivity contribution >= 4 is 13.4 Å². The van der Waals surface area contributed by atoms with Crippen molar-refractivity contribution < 1.29 is 19.1 Å². The van der Waals surface area contributed by atoms with Gasteiger partial charge in [0.05, 0.1) is 0 Å². The number of carbonyl (C=O) groups is 1. The Balaban J connectivity index is 2.59. The summed E-state index contributed by atoms with van der Waals surface area (Å²) in [5.74, 6) is 0.287. The van der Waals surface area contributed by atoms with Crippen molar-refractivity contribution in [2.45, 2.75) is 46.0 Å². The number of carbonyl (C=O) groups excluding carboxylic acids is 1. The predicted octanol–water partition coefficient (Wildman–Crippen LogP) is 2.34. The number of hydrogen-bond acceptors (Lipinski definition) is 2.